The van der Waals surface area contributed by atoms with Crippen LogP contribution in [0.25, 0.3) is 0 Å². The second kappa shape index (κ2) is 9.22. The maximum Gasteiger partial charge on any atom is 0.325 e. The Bertz CT molecular complexity index is 696. The monoisotopic (exact) mass is 388 g/mol. The number of piperidine rings is 1. The van der Waals surface area contributed by atoms with Crippen molar-refractivity contribution in [3.63, 3.8) is 0 Å². The molecule has 0 unspecified atom stereocenters. The van der Waals surface area contributed by atoms with Crippen molar-refractivity contribution < 1.29 is 19.1 Å². The number of nitrogens with zero attached hydrogens (tertiary/aromatic N) is 1. The highest BCUT2D eigenvalue weighted by molar-refractivity contribution is 5.96. The molecular weight excluding hydrogens is 356 g/mol. The second-order valence-electron chi connectivity index (χ2n) is 8.60. The minimum absolute atomic E-state index is 0.00863. The summed E-state index contributed by atoms with van der Waals surface area (Å²) in [6, 6.07) is 7.62. The summed E-state index contributed by atoms with van der Waals surface area (Å²) < 4.78 is 5.06. The normalized spacial score (nSPS) is 19.8. The molecule has 154 valence electrons. The molecular formula is C22H32N2O4. The van der Waals surface area contributed by atoms with E-state index in [9.17, 15) is 14.4 Å². The Morgan fingerprint density at radius 2 is 1.64 bits per heavy atom. The van der Waals surface area contributed by atoms with Crippen molar-refractivity contribution >= 4 is 17.8 Å². The second-order valence-corrected chi connectivity index (χ2v) is 8.60. The lowest BCUT2D eigenvalue weighted by Gasteiger charge is -2.38. The van der Waals surface area contributed by atoms with E-state index >= 15 is 0 Å². The maximum atomic E-state index is 12.4. The first-order chi connectivity index (χ1) is 13.1. The number of nitrogens with one attached hydrogen (secondary N) is 1. The van der Waals surface area contributed by atoms with Crippen LogP contribution in [0.5, 0.6) is 0 Å². The average molecular weight is 389 g/mol. The van der Waals surface area contributed by atoms with Crippen LogP contribution in [0.1, 0.15) is 69.8 Å². The molecule has 1 aliphatic heterocycles. The van der Waals surface area contributed by atoms with Crippen LogP contribution < -0.4 is 5.32 Å². The summed E-state index contributed by atoms with van der Waals surface area (Å²) in [5.41, 5.74) is 1.62. The lowest BCUT2D eigenvalue weighted by molar-refractivity contribution is -0.154. The predicted molar refractivity (Wildman–Crippen MR) is 108 cm³/mol. The van der Waals surface area contributed by atoms with Gasteiger partial charge < -0.3 is 15.0 Å². The van der Waals surface area contributed by atoms with Crippen molar-refractivity contribution in [2.45, 2.75) is 71.4 Å². The van der Waals surface area contributed by atoms with E-state index in [0.29, 0.717) is 5.56 Å². The number of hydrogen-bond donors (Lipinski definition) is 1. The minimum atomic E-state index is -0.620. The molecule has 0 spiro atoms. The molecule has 6 heteroatoms. The van der Waals surface area contributed by atoms with Gasteiger partial charge in [0.25, 0.3) is 11.8 Å². The van der Waals surface area contributed by atoms with Crippen LogP contribution in [0.2, 0.25) is 0 Å². The molecule has 1 aromatic rings. The molecule has 1 fully saturated rings. The number of esters is 1. The van der Waals surface area contributed by atoms with Gasteiger partial charge in [-0.1, -0.05) is 32.9 Å². The third-order valence-electron chi connectivity index (χ3n) is 5.24. The first-order valence-electron chi connectivity index (χ1n) is 9.95. The van der Waals surface area contributed by atoms with Gasteiger partial charge in [-0.2, -0.15) is 0 Å². The van der Waals surface area contributed by atoms with Crippen LogP contribution in [0, 0.1) is 0 Å². The Hall–Kier alpha value is -2.37. The number of ether oxygens (including phenoxy) is 1. The summed E-state index contributed by atoms with van der Waals surface area (Å²) in [6.45, 7) is 9.78. The highest BCUT2D eigenvalue weighted by atomic mass is 16.5. The Balaban J connectivity index is 1.79. The van der Waals surface area contributed by atoms with E-state index in [2.05, 4.69) is 26.1 Å². The first-order valence-corrected chi connectivity index (χ1v) is 9.95. The highest BCUT2D eigenvalue weighted by Crippen LogP contribution is 2.23. The van der Waals surface area contributed by atoms with Gasteiger partial charge in [-0.25, -0.2) is 0 Å². The molecule has 2 rings (SSSR count). The van der Waals surface area contributed by atoms with E-state index in [-0.39, 0.29) is 42.5 Å². The van der Waals surface area contributed by atoms with E-state index in [4.69, 9.17) is 4.74 Å². The third-order valence-corrected chi connectivity index (χ3v) is 5.24. The lowest BCUT2D eigenvalue weighted by atomic mass is 9.87. The Labute approximate surface area is 167 Å². The number of amides is 2. The van der Waals surface area contributed by atoms with E-state index in [0.717, 1.165) is 24.8 Å². The Morgan fingerprint density at radius 1 is 1.07 bits per heavy atom. The zero-order valence-corrected chi connectivity index (χ0v) is 17.6. The van der Waals surface area contributed by atoms with Crippen LogP contribution in [0.3, 0.4) is 0 Å². The van der Waals surface area contributed by atoms with Crippen LogP contribution >= 0.6 is 0 Å². The van der Waals surface area contributed by atoms with Crippen LogP contribution in [0.15, 0.2) is 24.3 Å². The quantitative estimate of drug-likeness (QED) is 0.787. The molecule has 0 bridgehead atoms. The molecule has 0 aliphatic carbocycles. The molecule has 6 nitrogen and oxygen atoms in total. The van der Waals surface area contributed by atoms with E-state index in [1.54, 1.807) is 17.0 Å². The van der Waals surface area contributed by atoms with E-state index in [1.807, 2.05) is 26.0 Å². The number of rotatable bonds is 5. The van der Waals surface area contributed by atoms with E-state index < -0.39 is 5.97 Å². The average Bonchev–Trinajstić information content (AvgIpc) is 2.63. The topological polar surface area (TPSA) is 75.7 Å². The van der Waals surface area contributed by atoms with Gasteiger partial charge in [0, 0.05) is 17.6 Å². The van der Waals surface area contributed by atoms with Crippen molar-refractivity contribution in [3.8, 4) is 0 Å². The number of benzene rings is 1. The Kier molecular flexibility index (Phi) is 7.22. The van der Waals surface area contributed by atoms with Gasteiger partial charge in [-0.3, -0.25) is 14.4 Å². The Morgan fingerprint density at radius 3 is 2.18 bits per heavy atom. The smallest absolute Gasteiger partial charge is 0.325 e. The van der Waals surface area contributed by atoms with Crippen molar-refractivity contribution in [1.29, 1.82) is 0 Å². The maximum absolute atomic E-state index is 12.4. The molecule has 0 saturated carbocycles. The molecule has 1 saturated heterocycles. The predicted octanol–water partition coefficient (Wildman–Crippen LogP) is 3.05. The minimum Gasteiger partial charge on any atom is -0.454 e. The van der Waals surface area contributed by atoms with Gasteiger partial charge in [0.15, 0.2) is 6.61 Å². The van der Waals surface area contributed by atoms with E-state index in [1.165, 1.54) is 0 Å². The number of carbonyl (C=O) groups excluding carboxylic acids is 3. The van der Waals surface area contributed by atoms with Crippen molar-refractivity contribution in [2.75, 3.05) is 13.2 Å². The van der Waals surface area contributed by atoms with Gasteiger partial charge in [-0.15, -0.1) is 0 Å². The fourth-order valence-corrected chi connectivity index (χ4v) is 3.56. The largest absolute Gasteiger partial charge is 0.454 e. The zero-order valence-electron chi connectivity index (χ0n) is 17.6. The summed E-state index contributed by atoms with van der Waals surface area (Å²) >= 11 is 0. The molecule has 1 N–H and O–H groups in total. The summed E-state index contributed by atoms with van der Waals surface area (Å²) in [6.07, 6.45) is 3.04. The van der Waals surface area contributed by atoms with Gasteiger partial charge in [0.1, 0.15) is 6.54 Å². The molecule has 28 heavy (non-hydrogen) atoms. The van der Waals surface area contributed by atoms with Crippen LogP contribution in [-0.2, 0) is 19.7 Å². The first kappa shape index (κ1) is 21.9. The number of likely N-dealkylation sites (tertiary alicyclic amines) is 1. The third kappa shape index (κ3) is 5.81. The summed E-state index contributed by atoms with van der Waals surface area (Å²) in [5.74, 6) is -1.15. The highest BCUT2D eigenvalue weighted by Gasteiger charge is 2.29. The zero-order chi connectivity index (χ0) is 20.9. The van der Waals surface area contributed by atoms with Crippen LogP contribution in [-0.4, -0.2) is 47.9 Å². The molecule has 1 aromatic carbocycles. The van der Waals surface area contributed by atoms with Crippen LogP contribution in [0.4, 0.5) is 0 Å². The summed E-state index contributed by atoms with van der Waals surface area (Å²) in [7, 11) is 0. The molecule has 2 amide bonds. The lowest BCUT2D eigenvalue weighted by Crippen LogP contribution is -2.49. The van der Waals surface area contributed by atoms with Gasteiger partial charge >= 0.3 is 5.97 Å². The number of carbonyl (C=O) groups is 3. The van der Waals surface area contributed by atoms with Gasteiger partial charge in [0.05, 0.1) is 0 Å². The molecule has 2 atom stereocenters. The fraction of sp³-hybridized carbons (Fsp3) is 0.591. The molecule has 0 radical (unpaired) electrons. The van der Waals surface area contributed by atoms with Crippen molar-refractivity contribution in [3.05, 3.63) is 35.4 Å². The SMILES string of the molecule is C[C@@H]1CCC[C@H](C)N1C(=O)COC(=O)CNC(=O)c1ccc(C(C)(C)C)cc1. The summed E-state index contributed by atoms with van der Waals surface area (Å²) in [5, 5.41) is 2.54. The fourth-order valence-electron chi connectivity index (χ4n) is 3.56. The van der Waals surface area contributed by atoms with Gasteiger partial charge in [-0.05, 0) is 56.2 Å². The molecule has 1 aliphatic rings. The van der Waals surface area contributed by atoms with Crippen molar-refractivity contribution in [2.24, 2.45) is 0 Å². The number of hydrogen-bond acceptors (Lipinski definition) is 4. The van der Waals surface area contributed by atoms with Gasteiger partial charge in [0.2, 0.25) is 0 Å². The summed E-state index contributed by atoms with van der Waals surface area (Å²) in [4.78, 5) is 38.2. The standard InChI is InChI=1S/C22H32N2O4/c1-15-7-6-8-16(2)24(15)19(25)14-28-20(26)13-23-21(27)17-9-11-18(12-10-17)22(3,4)5/h9-12,15-16H,6-8,13-14H2,1-5H3,(H,23,27)/t15-,16+. The van der Waals surface area contributed by atoms with Crippen molar-refractivity contribution in [1.82, 2.24) is 10.2 Å². The molecule has 1 heterocycles. The molecule has 0 aromatic heterocycles.